The topological polar surface area (TPSA) is 154 Å². The summed E-state index contributed by atoms with van der Waals surface area (Å²) < 4.78 is 50.8. The Morgan fingerprint density at radius 1 is 1.34 bits per heavy atom. The predicted octanol–water partition coefficient (Wildman–Crippen LogP) is -1.30. The number of alkyl halides is 1. The molecule has 0 radical (unpaired) electrons. The summed E-state index contributed by atoms with van der Waals surface area (Å²) in [5.74, 6) is -2.88. The smallest absolute Gasteiger partial charge is 0.237 e. The van der Waals surface area contributed by atoms with Gasteiger partial charge in [-0.25, -0.2) is 12.9 Å². The summed E-state index contributed by atoms with van der Waals surface area (Å²) >= 11 is -1.81. The number of aliphatic hydroxyl groups excluding tert-OH is 2. The maximum Gasteiger partial charge on any atom is 0.237 e. The van der Waals surface area contributed by atoms with Gasteiger partial charge < -0.3 is 34.6 Å². The first-order valence-electron chi connectivity index (χ1n) is 11.8. The van der Waals surface area contributed by atoms with Gasteiger partial charge in [0.25, 0.3) is 0 Å². The number of ether oxygens (including phenoxy) is 3. The minimum Gasteiger partial charge on any atom is -0.388 e. The van der Waals surface area contributed by atoms with E-state index in [1.54, 1.807) is 18.2 Å². The maximum absolute atomic E-state index is 13.6. The Hall–Kier alpha value is -1.28. The Labute approximate surface area is 206 Å². The van der Waals surface area contributed by atoms with Crippen molar-refractivity contribution in [3.63, 3.8) is 0 Å². The molecule has 12 nitrogen and oxygen atoms in total. The number of hydrogen-bond acceptors (Lipinski definition) is 10. The highest BCUT2D eigenvalue weighted by molar-refractivity contribution is 7.77. The van der Waals surface area contributed by atoms with Gasteiger partial charge in [0.15, 0.2) is 5.79 Å². The lowest BCUT2D eigenvalue weighted by atomic mass is 9.98. The molecular weight excluding hydrogens is 487 g/mol. The predicted molar refractivity (Wildman–Crippen MR) is 118 cm³/mol. The zero-order chi connectivity index (χ0) is 25.4. The minimum atomic E-state index is -1.81. The van der Waals surface area contributed by atoms with Crippen molar-refractivity contribution >= 4 is 17.2 Å². The lowest BCUT2D eigenvalue weighted by Gasteiger charge is -2.40. The van der Waals surface area contributed by atoms with Crippen LogP contribution in [0.2, 0.25) is 0 Å². The van der Waals surface area contributed by atoms with Crippen LogP contribution < -0.4 is 5.32 Å². The van der Waals surface area contributed by atoms with E-state index in [1.165, 1.54) is 4.90 Å². The van der Waals surface area contributed by atoms with Crippen molar-refractivity contribution in [2.75, 3.05) is 39.4 Å². The molecule has 4 aliphatic heterocycles. The molecule has 14 heteroatoms. The van der Waals surface area contributed by atoms with Crippen LogP contribution in [0.4, 0.5) is 4.39 Å². The van der Waals surface area contributed by atoms with Crippen LogP contribution in [0.25, 0.3) is 0 Å². The van der Waals surface area contributed by atoms with Crippen LogP contribution in [-0.2, 0) is 34.5 Å². The first-order valence-corrected chi connectivity index (χ1v) is 12.8. The number of piperidine rings is 1. The third kappa shape index (κ3) is 5.84. The number of nitriles is 1. The number of fused-ring (bicyclic) bond motifs is 1. The van der Waals surface area contributed by atoms with Crippen molar-refractivity contribution in [1.82, 2.24) is 14.5 Å². The van der Waals surface area contributed by atoms with E-state index in [-0.39, 0.29) is 44.7 Å². The first kappa shape index (κ1) is 26.8. The Kier molecular flexibility index (Phi) is 8.11. The molecule has 4 rings (SSSR count). The lowest BCUT2D eigenvalue weighted by molar-refractivity contribution is -0.301. The molecule has 4 heterocycles. The second-order valence-electron chi connectivity index (χ2n) is 9.81. The van der Waals surface area contributed by atoms with Crippen molar-refractivity contribution in [3.05, 3.63) is 0 Å². The Morgan fingerprint density at radius 2 is 2.06 bits per heavy atom. The van der Waals surface area contributed by atoms with E-state index < -0.39 is 53.4 Å². The van der Waals surface area contributed by atoms with Crippen molar-refractivity contribution in [2.45, 2.75) is 81.3 Å². The number of aliphatic hydroxyl groups is 2. The van der Waals surface area contributed by atoms with Crippen LogP contribution in [0.5, 0.6) is 0 Å². The minimum absolute atomic E-state index is 0.00478. The van der Waals surface area contributed by atoms with Gasteiger partial charge in [-0.15, -0.1) is 0 Å². The van der Waals surface area contributed by atoms with Crippen LogP contribution >= 0.6 is 0 Å². The summed E-state index contributed by atoms with van der Waals surface area (Å²) in [6, 6.07) is 1.25. The van der Waals surface area contributed by atoms with Crippen LogP contribution in [-0.4, -0.2) is 117 Å². The number of nitrogens with zero attached hydrogens (tertiary/aromatic N) is 3. The van der Waals surface area contributed by atoms with Crippen molar-refractivity contribution in [3.8, 4) is 6.07 Å². The molecule has 0 aromatic rings. The van der Waals surface area contributed by atoms with Gasteiger partial charge in [0.1, 0.15) is 37.1 Å². The highest BCUT2D eigenvalue weighted by atomic mass is 32.2. The van der Waals surface area contributed by atoms with Gasteiger partial charge >= 0.3 is 0 Å². The molecule has 0 spiro atoms. The number of carbonyl (C=O) groups excluding carboxylic acids is 1. The van der Waals surface area contributed by atoms with Gasteiger partial charge in [-0.1, -0.05) is 0 Å². The summed E-state index contributed by atoms with van der Waals surface area (Å²) in [5.41, 5.74) is 0. The molecule has 1 unspecified atom stereocenters. The molecule has 35 heavy (non-hydrogen) atoms. The van der Waals surface area contributed by atoms with Crippen LogP contribution in [0, 0.1) is 11.3 Å². The van der Waals surface area contributed by atoms with E-state index in [9.17, 15) is 23.6 Å². The van der Waals surface area contributed by atoms with Crippen LogP contribution in [0.15, 0.2) is 0 Å². The molecule has 0 aromatic heterocycles. The van der Waals surface area contributed by atoms with E-state index in [0.717, 1.165) is 0 Å². The lowest BCUT2D eigenvalue weighted by Crippen LogP contribution is -2.61. The van der Waals surface area contributed by atoms with Crippen molar-refractivity contribution < 1.29 is 42.0 Å². The van der Waals surface area contributed by atoms with E-state index in [2.05, 4.69) is 5.32 Å². The largest absolute Gasteiger partial charge is 0.388 e. The Bertz CT molecular complexity index is 854. The van der Waals surface area contributed by atoms with Gasteiger partial charge in [0, 0.05) is 25.6 Å². The number of nitrogens with one attached hydrogen (secondary N) is 1. The monoisotopic (exact) mass is 520 g/mol. The maximum atomic E-state index is 13.6. The normalized spacial score (nSPS) is 38.7. The summed E-state index contributed by atoms with van der Waals surface area (Å²) in [6.45, 7) is 3.69. The van der Waals surface area contributed by atoms with Crippen LogP contribution in [0.1, 0.15) is 33.1 Å². The fourth-order valence-corrected chi connectivity index (χ4v) is 5.87. The van der Waals surface area contributed by atoms with Crippen LogP contribution in [0.3, 0.4) is 0 Å². The summed E-state index contributed by atoms with van der Waals surface area (Å²) in [5, 5.41) is 32.5. The molecule has 1 amide bonds. The molecule has 3 N–H and O–H groups in total. The van der Waals surface area contributed by atoms with Gasteiger partial charge in [0.2, 0.25) is 23.0 Å². The highest BCUT2D eigenvalue weighted by Gasteiger charge is 2.61. The molecule has 4 fully saturated rings. The van der Waals surface area contributed by atoms with Crippen molar-refractivity contribution in [1.29, 1.82) is 5.26 Å². The van der Waals surface area contributed by atoms with Gasteiger partial charge in [-0.2, -0.15) is 5.26 Å². The average molecular weight is 521 g/mol. The molecule has 0 aliphatic carbocycles. The number of rotatable bonds is 7. The highest BCUT2D eigenvalue weighted by Crippen LogP contribution is 2.42. The molecule has 0 bridgehead atoms. The number of amides is 1. The number of carbonyl (C=O) groups is 1. The van der Waals surface area contributed by atoms with E-state index in [4.69, 9.17) is 23.7 Å². The zero-order valence-electron chi connectivity index (χ0n) is 19.8. The summed E-state index contributed by atoms with van der Waals surface area (Å²) in [4.78, 5) is 13.7. The summed E-state index contributed by atoms with van der Waals surface area (Å²) in [6.07, 6.45) is -3.29. The standard InChI is InChI=1S/C21H33FN4O8S/c1-20(2)33-19-18(29)16(27)11-31-21(19,34-20)12-32-35(30)25-5-3-14(4-6-25)24-9-17(28)26-10-13(22)7-15(26)8-23/h13-16,18-19,24,27,29H,3-7,9-12H2,1-2H3/t13-,15-,16+,18+,19-,21-,35?/m0/s1. The average Bonchev–Trinajstić information content (AvgIpc) is 3.35. The molecule has 198 valence electrons. The zero-order valence-corrected chi connectivity index (χ0v) is 20.6. The SMILES string of the molecule is CC1(C)O[C@H]2[C@H](O)[C@H](O)CO[C@@]2(COS(=O)N2CCC(NCC(=O)N3C[C@@H](F)C[C@H]3C#N)CC2)O1. The second-order valence-corrected chi connectivity index (χ2v) is 11.0. The molecule has 4 saturated heterocycles. The number of hydrogen-bond donors (Lipinski definition) is 3. The number of likely N-dealkylation sites (tertiary alicyclic amines) is 1. The molecular formula is C21H33FN4O8S. The third-order valence-electron chi connectivity index (χ3n) is 6.75. The van der Waals surface area contributed by atoms with Crippen molar-refractivity contribution in [2.24, 2.45) is 0 Å². The molecule has 0 saturated carbocycles. The molecule has 7 atom stereocenters. The van der Waals surface area contributed by atoms with Gasteiger partial charge in [0.05, 0.1) is 25.8 Å². The molecule has 0 aromatic carbocycles. The molecule has 4 aliphatic rings. The quantitative estimate of drug-likeness (QED) is 0.369. The van der Waals surface area contributed by atoms with E-state index >= 15 is 0 Å². The third-order valence-corrected chi connectivity index (χ3v) is 7.86. The Morgan fingerprint density at radius 3 is 2.74 bits per heavy atom. The Balaban J connectivity index is 1.22. The van der Waals surface area contributed by atoms with Gasteiger partial charge in [-0.3, -0.25) is 8.98 Å². The van der Waals surface area contributed by atoms with Gasteiger partial charge in [-0.05, 0) is 26.7 Å². The fourth-order valence-electron chi connectivity index (χ4n) is 4.95. The van der Waals surface area contributed by atoms with E-state index in [0.29, 0.717) is 25.9 Å². The second kappa shape index (κ2) is 10.6. The fraction of sp³-hybridized carbons (Fsp3) is 0.905. The van der Waals surface area contributed by atoms with E-state index in [1.807, 2.05) is 6.07 Å². The summed E-state index contributed by atoms with van der Waals surface area (Å²) in [7, 11) is 0. The number of halogens is 1. The first-order chi connectivity index (χ1) is 16.5.